The topological polar surface area (TPSA) is 0 Å². The Morgan fingerprint density at radius 1 is 1.18 bits per heavy atom. The molecule has 3 heteroatoms. The van der Waals surface area contributed by atoms with Crippen LogP contribution in [0, 0.1) is 6.92 Å². The van der Waals surface area contributed by atoms with Crippen molar-refractivity contribution in [1.29, 1.82) is 0 Å². The molecule has 11 heavy (non-hydrogen) atoms. The molecule has 0 atom stereocenters. The number of hydrogen-bond acceptors (Lipinski definition) is 0. The summed E-state index contributed by atoms with van der Waals surface area (Å²) < 4.78 is 0. The molecule has 0 amide bonds. The summed E-state index contributed by atoms with van der Waals surface area (Å²) in [5.74, 6) is 0. The Labute approximate surface area is 77.8 Å². The standard InChI is InChI=1S/C8H9BCl2/c1-5-7(10)3-6(9-2)4-8(5)11/h3-4,9H,1-2H3. The van der Waals surface area contributed by atoms with Crippen LogP contribution in [0.15, 0.2) is 12.1 Å². The zero-order valence-electron chi connectivity index (χ0n) is 6.62. The fraction of sp³-hybridized carbons (Fsp3) is 0.250. The molecular weight excluding hydrogens is 178 g/mol. The van der Waals surface area contributed by atoms with Crippen LogP contribution in [0.2, 0.25) is 16.9 Å². The molecule has 0 saturated carbocycles. The maximum absolute atomic E-state index is 5.91. The van der Waals surface area contributed by atoms with Crippen LogP contribution in [0.5, 0.6) is 0 Å². The van der Waals surface area contributed by atoms with Crippen molar-refractivity contribution >= 4 is 35.9 Å². The molecule has 0 aliphatic rings. The maximum atomic E-state index is 5.91. The highest BCUT2D eigenvalue weighted by molar-refractivity contribution is 6.53. The highest BCUT2D eigenvalue weighted by Gasteiger charge is 2.02. The van der Waals surface area contributed by atoms with Gasteiger partial charge in [-0.05, 0) is 24.6 Å². The molecule has 1 rings (SSSR count). The largest absolute Gasteiger partial charge is 0.154 e. The number of rotatable bonds is 1. The van der Waals surface area contributed by atoms with E-state index in [0.29, 0.717) is 0 Å². The van der Waals surface area contributed by atoms with E-state index >= 15 is 0 Å². The Kier molecular flexibility index (Phi) is 2.86. The van der Waals surface area contributed by atoms with Crippen molar-refractivity contribution in [1.82, 2.24) is 0 Å². The van der Waals surface area contributed by atoms with Gasteiger partial charge >= 0.3 is 0 Å². The van der Waals surface area contributed by atoms with E-state index in [9.17, 15) is 0 Å². The Morgan fingerprint density at radius 2 is 1.64 bits per heavy atom. The van der Waals surface area contributed by atoms with Crippen molar-refractivity contribution < 1.29 is 0 Å². The van der Waals surface area contributed by atoms with E-state index in [2.05, 4.69) is 6.82 Å². The van der Waals surface area contributed by atoms with Crippen LogP contribution in [0.1, 0.15) is 5.56 Å². The van der Waals surface area contributed by atoms with Crippen LogP contribution in [0.25, 0.3) is 0 Å². The summed E-state index contributed by atoms with van der Waals surface area (Å²) in [6, 6.07) is 3.92. The lowest BCUT2D eigenvalue weighted by Crippen LogP contribution is -2.10. The normalized spacial score (nSPS) is 9.82. The van der Waals surface area contributed by atoms with E-state index in [1.807, 2.05) is 19.1 Å². The van der Waals surface area contributed by atoms with Gasteiger partial charge in [-0.3, -0.25) is 0 Å². The van der Waals surface area contributed by atoms with Crippen molar-refractivity contribution in [2.24, 2.45) is 0 Å². The number of hydrogen-bond donors (Lipinski definition) is 0. The van der Waals surface area contributed by atoms with Gasteiger partial charge in [0.1, 0.15) is 0 Å². The lowest BCUT2D eigenvalue weighted by atomic mass is 9.73. The smallest absolute Gasteiger partial charge is 0.0849 e. The lowest BCUT2D eigenvalue weighted by Gasteiger charge is -2.03. The second-order valence-corrected chi connectivity index (χ2v) is 3.35. The van der Waals surface area contributed by atoms with Crippen molar-refractivity contribution in [3.05, 3.63) is 27.7 Å². The summed E-state index contributed by atoms with van der Waals surface area (Å²) in [7, 11) is 0.972. The third-order valence-corrected chi connectivity index (χ3v) is 2.53. The van der Waals surface area contributed by atoms with Gasteiger partial charge < -0.3 is 0 Å². The molecule has 0 aliphatic heterocycles. The van der Waals surface area contributed by atoms with E-state index in [4.69, 9.17) is 23.2 Å². The van der Waals surface area contributed by atoms with Gasteiger partial charge in [0.15, 0.2) is 7.28 Å². The summed E-state index contributed by atoms with van der Waals surface area (Å²) in [6.45, 7) is 4.00. The first-order valence-corrected chi connectivity index (χ1v) is 4.35. The molecule has 0 fully saturated rings. The van der Waals surface area contributed by atoms with Crippen molar-refractivity contribution in [3.63, 3.8) is 0 Å². The van der Waals surface area contributed by atoms with E-state index in [-0.39, 0.29) is 0 Å². The van der Waals surface area contributed by atoms with Crippen molar-refractivity contribution in [2.45, 2.75) is 13.7 Å². The predicted molar refractivity (Wildman–Crippen MR) is 53.8 cm³/mol. The molecule has 0 N–H and O–H groups in total. The first kappa shape index (κ1) is 8.96. The highest BCUT2D eigenvalue weighted by atomic mass is 35.5. The fourth-order valence-electron chi connectivity index (χ4n) is 0.902. The number of halogens is 2. The van der Waals surface area contributed by atoms with E-state index in [1.54, 1.807) is 0 Å². The quantitative estimate of drug-likeness (QED) is 0.592. The van der Waals surface area contributed by atoms with E-state index in [1.165, 1.54) is 5.46 Å². The number of benzene rings is 1. The second kappa shape index (κ2) is 3.51. The van der Waals surface area contributed by atoms with Crippen LogP contribution < -0.4 is 5.46 Å². The van der Waals surface area contributed by atoms with Gasteiger partial charge in [-0.2, -0.15) is 0 Å². The molecule has 1 aromatic carbocycles. The van der Waals surface area contributed by atoms with Gasteiger partial charge in [0.2, 0.25) is 0 Å². The van der Waals surface area contributed by atoms with Gasteiger partial charge in [0.05, 0.1) is 0 Å². The molecule has 0 aromatic heterocycles. The molecule has 0 bridgehead atoms. The molecule has 0 unspecified atom stereocenters. The van der Waals surface area contributed by atoms with Crippen LogP contribution in [-0.4, -0.2) is 7.28 Å². The average Bonchev–Trinajstić information content (AvgIpc) is 1.99. The van der Waals surface area contributed by atoms with E-state index in [0.717, 1.165) is 22.9 Å². The minimum absolute atomic E-state index is 0.759. The summed E-state index contributed by atoms with van der Waals surface area (Å²) in [4.78, 5) is 0. The molecule has 0 spiro atoms. The molecule has 0 saturated heterocycles. The monoisotopic (exact) mass is 186 g/mol. The molecule has 0 nitrogen and oxygen atoms in total. The SMILES string of the molecule is CBc1cc(Cl)c(C)c(Cl)c1. The summed E-state index contributed by atoms with van der Waals surface area (Å²) in [6.07, 6.45) is 0. The van der Waals surface area contributed by atoms with Crippen molar-refractivity contribution in [2.75, 3.05) is 0 Å². The van der Waals surface area contributed by atoms with Gasteiger partial charge in [-0.1, -0.05) is 35.5 Å². The molecule has 0 radical (unpaired) electrons. The maximum Gasteiger partial charge on any atom is 0.154 e. The highest BCUT2D eigenvalue weighted by Crippen LogP contribution is 2.21. The van der Waals surface area contributed by atoms with Gasteiger partial charge in [0.25, 0.3) is 0 Å². The third-order valence-electron chi connectivity index (χ3n) is 1.75. The molecule has 1 aromatic rings. The first-order chi connectivity index (χ1) is 5.15. The van der Waals surface area contributed by atoms with Crippen LogP contribution in [0.4, 0.5) is 0 Å². The molecule has 58 valence electrons. The minimum atomic E-state index is 0.759. The molecule has 0 heterocycles. The second-order valence-electron chi connectivity index (χ2n) is 2.54. The first-order valence-electron chi connectivity index (χ1n) is 3.59. The van der Waals surface area contributed by atoms with Crippen LogP contribution >= 0.6 is 23.2 Å². The predicted octanol–water partition coefficient (Wildman–Crippen LogP) is 2.41. The van der Waals surface area contributed by atoms with Gasteiger partial charge in [-0.15, -0.1) is 0 Å². The molecular formula is C8H9BCl2. The van der Waals surface area contributed by atoms with Crippen LogP contribution in [0.3, 0.4) is 0 Å². The zero-order valence-corrected chi connectivity index (χ0v) is 8.13. The van der Waals surface area contributed by atoms with Gasteiger partial charge in [-0.25, -0.2) is 0 Å². The third kappa shape index (κ3) is 1.91. The van der Waals surface area contributed by atoms with Gasteiger partial charge in [0, 0.05) is 10.0 Å². The fourth-order valence-corrected chi connectivity index (χ4v) is 1.43. The lowest BCUT2D eigenvalue weighted by molar-refractivity contribution is 1.49. The Bertz CT molecular complexity index is 248. The summed E-state index contributed by atoms with van der Waals surface area (Å²) in [5, 5.41) is 1.52. The summed E-state index contributed by atoms with van der Waals surface area (Å²) in [5.41, 5.74) is 2.15. The Hall–Kier alpha value is -0.135. The van der Waals surface area contributed by atoms with Crippen LogP contribution in [-0.2, 0) is 0 Å². The Balaban J connectivity index is 3.21. The Morgan fingerprint density at radius 3 is 2.00 bits per heavy atom. The minimum Gasteiger partial charge on any atom is -0.0849 e. The zero-order chi connectivity index (χ0) is 8.43. The average molecular weight is 187 g/mol. The molecule has 0 aliphatic carbocycles. The summed E-state index contributed by atoms with van der Waals surface area (Å²) >= 11 is 11.8. The van der Waals surface area contributed by atoms with Crippen molar-refractivity contribution in [3.8, 4) is 0 Å². The van der Waals surface area contributed by atoms with E-state index < -0.39 is 0 Å².